The zero-order valence-electron chi connectivity index (χ0n) is 12.4. The molecule has 0 saturated heterocycles. The molecular formula is C15H22N2O3S. The van der Waals surface area contributed by atoms with Gasteiger partial charge in [-0.25, -0.2) is 0 Å². The molecule has 2 N–H and O–H groups in total. The first-order valence-electron chi connectivity index (χ1n) is 7.25. The Bertz CT molecular complexity index is 471. The van der Waals surface area contributed by atoms with Gasteiger partial charge in [0.2, 0.25) is 5.91 Å². The lowest BCUT2D eigenvalue weighted by Gasteiger charge is -2.20. The highest BCUT2D eigenvalue weighted by Crippen LogP contribution is 2.32. The number of carbonyl (C=O) groups is 2. The summed E-state index contributed by atoms with van der Waals surface area (Å²) < 4.78 is 5.06. The van der Waals surface area contributed by atoms with E-state index in [-0.39, 0.29) is 23.6 Å². The summed E-state index contributed by atoms with van der Waals surface area (Å²) in [5, 5.41) is 5.77. The molecule has 21 heavy (non-hydrogen) atoms. The molecule has 1 heterocycles. The fourth-order valence-corrected chi connectivity index (χ4v) is 2.65. The van der Waals surface area contributed by atoms with E-state index >= 15 is 0 Å². The van der Waals surface area contributed by atoms with Crippen LogP contribution in [-0.4, -0.2) is 35.9 Å². The summed E-state index contributed by atoms with van der Waals surface area (Å²) in [5.74, 6) is 1.18. The van der Waals surface area contributed by atoms with Crippen molar-refractivity contribution in [2.75, 3.05) is 12.0 Å². The summed E-state index contributed by atoms with van der Waals surface area (Å²) in [4.78, 5) is 24.4. The highest BCUT2D eigenvalue weighted by molar-refractivity contribution is 7.98. The summed E-state index contributed by atoms with van der Waals surface area (Å²) in [6, 6.07) is 2.90. The van der Waals surface area contributed by atoms with Gasteiger partial charge in [-0.3, -0.25) is 9.59 Å². The average Bonchev–Trinajstić information content (AvgIpc) is 3.18. The third kappa shape index (κ3) is 4.81. The van der Waals surface area contributed by atoms with Crippen molar-refractivity contribution in [1.82, 2.24) is 10.6 Å². The summed E-state index contributed by atoms with van der Waals surface area (Å²) in [6.45, 7) is 2.02. The van der Waals surface area contributed by atoms with Crippen molar-refractivity contribution in [3.8, 4) is 0 Å². The van der Waals surface area contributed by atoms with Crippen molar-refractivity contribution in [2.45, 2.75) is 38.3 Å². The lowest BCUT2D eigenvalue weighted by molar-refractivity contribution is -0.123. The van der Waals surface area contributed by atoms with Gasteiger partial charge in [-0.2, -0.15) is 11.8 Å². The summed E-state index contributed by atoms with van der Waals surface area (Å²) >= 11 is 1.65. The molecule has 0 aliphatic heterocycles. The highest BCUT2D eigenvalue weighted by atomic mass is 32.2. The Morgan fingerprint density at radius 3 is 2.76 bits per heavy atom. The van der Waals surface area contributed by atoms with Crippen molar-refractivity contribution in [2.24, 2.45) is 5.92 Å². The van der Waals surface area contributed by atoms with E-state index in [1.54, 1.807) is 23.9 Å². The predicted molar refractivity (Wildman–Crippen MR) is 83.3 cm³/mol. The van der Waals surface area contributed by atoms with Gasteiger partial charge in [0.25, 0.3) is 5.91 Å². The lowest BCUT2D eigenvalue weighted by Crippen LogP contribution is -2.49. The summed E-state index contributed by atoms with van der Waals surface area (Å²) in [5.41, 5.74) is 0. The molecule has 2 atom stereocenters. The first-order valence-corrected chi connectivity index (χ1v) is 8.65. The van der Waals surface area contributed by atoms with E-state index in [1.165, 1.54) is 19.1 Å². The molecule has 0 aromatic carbocycles. The van der Waals surface area contributed by atoms with Gasteiger partial charge in [-0.05, 0) is 56.2 Å². The number of hydrogen-bond acceptors (Lipinski definition) is 4. The number of amides is 2. The fraction of sp³-hybridized carbons (Fsp3) is 0.600. The molecule has 1 aliphatic rings. The van der Waals surface area contributed by atoms with Crippen LogP contribution >= 0.6 is 11.8 Å². The second-order valence-electron chi connectivity index (χ2n) is 5.42. The van der Waals surface area contributed by atoms with Gasteiger partial charge in [0, 0.05) is 6.04 Å². The minimum Gasteiger partial charge on any atom is -0.459 e. The van der Waals surface area contributed by atoms with Crippen LogP contribution in [0.4, 0.5) is 0 Å². The van der Waals surface area contributed by atoms with Crippen molar-refractivity contribution in [1.29, 1.82) is 0 Å². The van der Waals surface area contributed by atoms with E-state index in [4.69, 9.17) is 4.42 Å². The minimum atomic E-state index is -0.517. The Morgan fingerprint density at radius 2 is 2.19 bits per heavy atom. The van der Waals surface area contributed by atoms with Gasteiger partial charge in [-0.15, -0.1) is 0 Å². The molecular weight excluding hydrogens is 288 g/mol. The number of furan rings is 1. The van der Waals surface area contributed by atoms with Crippen molar-refractivity contribution >= 4 is 23.6 Å². The SMILES string of the molecule is CSCC[C@H](NC(=O)c1ccco1)C(=O)N[C@H](C)C1CC1. The molecule has 1 saturated carbocycles. The lowest BCUT2D eigenvalue weighted by atomic mass is 10.1. The number of carbonyl (C=O) groups excluding carboxylic acids is 2. The molecule has 2 rings (SSSR count). The molecule has 116 valence electrons. The predicted octanol–water partition coefficient (Wildman–Crippen LogP) is 2.05. The number of hydrogen-bond donors (Lipinski definition) is 2. The second kappa shape index (κ2) is 7.54. The number of rotatable bonds is 8. The van der Waals surface area contributed by atoms with E-state index in [1.807, 2.05) is 13.2 Å². The Morgan fingerprint density at radius 1 is 1.43 bits per heavy atom. The van der Waals surface area contributed by atoms with Crippen LogP contribution in [0.2, 0.25) is 0 Å². The molecule has 1 aromatic rings. The molecule has 5 nitrogen and oxygen atoms in total. The van der Waals surface area contributed by atoms with Crippen LogP contribution in [0.15, 0.2) is 22.8 Å². The van der Waals surface area contributed by atoms with Gasteiger partial charge in [0.1, 0.15) is 6.04 Å². The first kappa shape index (κ1) is 15.9. The average molecular weight is 310 g/mol. The molecule has 0 spiro atoms. The molecule has 0 radical (unpaired) electrons. The number of nitrogens with one attached hydrogen (secondary N) is 2. The maximum atomic E-state index is 12.3. The highest BCUT2D eigenvalue weighted by Gasteiger charge is 2.31. The molecule has 0 unspecified atom stereocenters. The Balaban J connectivity index is 1.92. The van der Waals surface area contributed by atoms with Crippen molar-refractivity contribution < 1.29 is 14.0 Å². The van der Waals surface area contributed by atoms with Crippen LogP contribution in [-0.2, 0) is 4.79 Å². The van der Waals surface area contributed by atoms with E-state index in [2.05, 4.69) is 10.6 Å². The van der Waals surface area contributed by atoms with Crippen LogP contribution in [0.3, 0.4) is 0 Å². The Kier molecular flexibility index (Phi) is 5.73. The van der Waals surface area contributed by atoms with Crippen LogP contribution in [0.25, 0.3) is 0 Å². The minimum absolute atomic E-state index is 0.108. The third-order valence-electron chi connectivity index (χ3n) is 3.68. The zero-order chi connectivity index (χ0) is 15.2. The molecule has 1 aliphatic carbocycles. The van der Waals surface area contributed by atoms with E-state index in [0.717, 1.165) is 5.75 Å². The molecule has 6 heteroatoms. The van der Waals surface area contributed by atoms with Crippen LogP contribution < -0.4 is 10.6 Å². The summed E-state index contributed by atoms with van der Waals surface area (Å²) in [7, 11) is 0. The molecule has 1 fully saturated rings. The smallest absolute Gasteiger partial charge is 0.287 e. The monoisotopic (exact) mass is 310 g/mol. The third-order valence-corrected chi connectivity index (χ3v) is 4.32. The van der Waals surface area contributed by atoms with Gasteiger partial charge < -0.3 is 15.1 Å². The maximum absolute atomic E-state index is 12.3. The molecule has 2 amide bonds. The Hall–Kier alpha value is -1.43. The largest absolute Gasteiger partial charge is 0.459 e. The van der Waals surface area contributed by atoms with Gasteiger partial charge in [0.05, 0.1) is 6.26 Å². The van der Waals surface area contributed by atoms with Crippen LogP contribution in [0.1, 0.15) is 36.7 Å². The molecule has 0 bridgehead atoms. The summed E-state index contributed by atoms with van der Waals surface area (Å²) in [6.07, 6.45) is 6.39. The quantitative estimate of drug-likeness (QED) is 0.771. The standard InChI is InChI=1S/C15H22N2O3S/c1-10(11-5-6-11)16-14(18)12(7-9-21-2)17-15(19)13-4-3-8-20-13/h3-4,8,10-12H,5-7,9H2,1-2H3,(H,16,18)(H,17,19)/t10-,12+/m1/s1. The van der Waals surface area contributed by atoms with E-state index < -0.39 is 6.04 Å². The molecule has 1 aromatic heterocycles. The van der Waals surface area contributed by atoms with E-state index in [0.29, 0.717) is 12.3 Å². The first-order chi connectivity index (χ1) is 10.1. The topological polar surface area (TPSA) is 71.3 Å². The normalized spacial score (nSPS) is 17.0. The Labute approximate surface area is 129 Å². The second-order valence-corrected chi connectivity index (χ2v) is 6.41. The number of thioether (sulfide) groups is 1. The van der Waals surface area contributed by atoms with Gasteiger partial charge in [-0.1, -0.05) is 0 Å². The van der Waals surface area contributed by atoms with Crippen molar-refractivity contribution in [3.05, 3.63) is 24.2 Å². The maximum Gasteiger partial charge on any atom is 0.287 e. The zero-order valence-corrected chi connectivity index (χ0v) is 13.2. The van der Waals surface area contributed by atoms with Crippen LogP contribution in [0.5, 0.6) is 0 Å². The van der Waals surface area contributed by atoms with Gasteiger partial charge in [0.15, 0.2) is 5.76 Å². The fourth-order valence-electron chi connectivity index (χ4n) is 2.18. The van der Waals surface area contributed by atoms with E-state index in [9.17, 15) is 9.59 Å². The van der Waals surface area contributed by atoms with Gasteiger partial charge >= 0.3 is 0 Å². The van der Waals surface area contributed by atoms with Crippen LogP contribution in [0, 0.1) is 5.92 Å². The van der Waals surface area contributed by atoms with Crippen molar-refractivity contribution in [3.63, 3.8) is 0 Å².